The van der Waals surface area contributed by atoms with Gasteiger partial charge in [0.05, 0.1) is 0 Å². The Hall–Kier alpha value is -3.28. The van der Waals surface area contributed by atoms with E-state index in [9.17, 15) is 24.0 Å². The van der Waals surface area contributed by atoms with Gasteiger partial charge < -0.3 is 18.9 Å². The second-order valence-electron chi connectivity index (χ2n) is 6.57. The third-order valence-electron chi connectivity index (χ3n) is 4.25. The normalized spacial score (nSPS) is 22.8. The Morgan fingerprint density at radius 1 is 1.07 bits per heavy atom. The highest BCUT2D eigenvalue weighted by molar-refractivity contribution is 5.89. The van der Waals surface area contributed by atoms with E-state index in [0.29, 0.717) is 0 Å². The zero-order valence-corrected chi connectivity index (χ0v) is 17.2. The van der Waals surface area contributed by atoms with Gasteiger partial charge in [-0.2, -0.15) is 4.98 Å². The maximum atomic E-state index is 12.6. The number of ether oxygens (including phenoxy) is 4. The monoisotopic (exact) mass is 425 g/mol. The first-order valence-corrected chi connectivity index (χ1v) is 8.98. The van der Waals surface area contributed by atoms with Crippen molar-refractivity contribution < 1.29 is 38.1 Å². The van der Waals surface area contributed by atoms with Crippen LogP contribution < -0.4 is 10.6 Å². The van der Waals surface area contributed by atoms with Crippen LogP contribution in [0, 0.1) is 0 Å². The standard InChI is InChI=1S/C18H23N3O9/c1-9(22)20(5)14-6-7-21(18(26)19-14)17-16(29-12(4)25)15(28-11(3)24)13(30-17)8-27-10(2)23/h6-7,13,15-17H,8H2,1-5H3/t13-,15-,16-,17-/m1/s1. The van der Waals surface area contributed by atoms with Gasteiger partial charge in [-0.25, -0.2) is 4.79 Å². The van der Waals surface area contributed by atoms with E-state index in [0.717, 1.165) is 18.4 Å². The number of rotatable bonds is 6. The lowest BCUT2D eigenvalue weighted by molar-refractivity contribution is -0.166. The molecule has 0 saturated carbocycles. The van der Waals surface area contributed by atoms with Gasteiger partial charge in [-0.15, -0.1) is 0 Å². The van der Waals surface area contributed by atoms with Crippen molar-refractivity contribution in [3.63, 3.8) is 0 Å². The molecule has 164 valence electrons. The van der Waals surface area contributed by atoms with E-state index in [-0.39, 0.29) is 18.3 Å². The SMILES string of the molecule is CC(=O)OC[C@H]1O[C@@H](n2ccc(N(C)C(C)=O)nc2=O)[C@H](OC(C)=O)[C@@H]1OC(C)=O. The average Bonchev–Trinajstić information content (AvgIpc) is 2.95. The number of esters is 3. The maximum absolute atomic E-state index is 12.6. The van der Waals surface area contributed by atoms with Crippen LogP contribution in [0.1, 0.15) is 33.9 Å². The first-order chi connectivity index (χ1) is 14.0. The van der Waals surface area contributed by atoms with Gasteiger partial charge in [0.2, 0.25) is 5.91 Å². The number of aromatic nitrogens is 2. The topological polar surface area (TPSA) is 143 Å². The first kappa shape index (κ1) is 23.0. The molecule has 0 bridgehead atoms. The Labute approximate surface area is 171 Å². The van der Waals surface area contributed by atoms with Gasteiger partial charge in [-0.05, 0) is 6.07 Å². The molecule has 4 atom stereocenters. The van der Waals surface area contributed by atoms with Crippen molar-refractivity contribution in [1.82, 2.24) is 9.55 Å². The summed E-state index contributed by atoms with van der Waals surface area (Å²) in [4.78, 5) is 63.5. The minimum absolute atomic E-state index is 0.110. The van der Waals surface area contributed by atoms with E-state index in [4.69, 9.17) is 18.9 Å². The zero-order chi connectivity index (χ0) is 22.6. The molecule has 2 rings (SSSR count). The first-order valence-electron chi connectivity index (χ1n) is 8.98. The Morgan fingerprint density at radius 3 is 2.17 bits per heavy atom. The van der Waals surface area contributed by atoms with Crippen molar-refractivity contribution in [3.8, 4) is 0 Å². The number of carbonyl (C=O) groups is 4. The summed E-state index contributed by atoms with van der Waals surface area (Å²) in [5.74, 6) is -2.20. The molecular formula is C18H23N3O9. The highest BCUT2D eigenvalue weighted by Crippen LogP contribution is 2.33. The van der Waals surface area contributed by atoms with Crippen molar-refractivity contribution in [2.75, 3.05) is 18.6 Å². The number of hydrogen-bond acceptors (Lipinski definition) is 10. The molecule has 1 aliphatic rings. The van der Waals surface area contributed by atoms with Crippen molar-refractivity contribution in [3.05, 3.63) is 22.7 Å². The van der Waals surface area contributed by atoms with Crippen LogP contribution in [0.2, 0.25) is 0 Å². The Kier molecular flexibility index (Phi) is 7.27. The van der Waals surface area contributed by atoms with Crippen LogP contribution >= 0.6 is 0 Å². The van der Waals surface area contributed by atoms with Gasteiger partial charge in [-0.3, -0.25) is 28.6 Å². The van der Waals surface area contributed by atoms with Gasteiger partial charge in [0.15, 0.2) is 18.4 Å². The average molecular weight is 425 g/mol. The van der Waals surface area contributed by atoms with Gasteiger partial charge >= 0.3 is 23.6 Å². The van der Waals surface area contributed by atoms with E-state index < -0.39 is 48.1 Å². The van der Waals surface area contributed by atoms with Crippen LogP contribution in [0.25, 0.3) is 0 Å². The highest BCUT2D eigenvalue weighted by atomic mass is 16.7. The molecule has 1 aliphatic heterocycles. The third kappa shape index (κ3) is 5.41. The van der Waals surface area contributed by atoms with Crippen LogP contribution in [-0.4, -0.2) is 65.3 Å². The molecule has 2 heterocycles. The summed E-state index contributed by atoms with van der Waals surface area (Å²) >= 11 is 0. The van der Waals surface area contributed by atoms with Crippen LogP contribution in [-0.2, 0) is 38.1 Å². The Bertz CT molecular complexity index is 897. The number of nitrogens with zero attached hydrogens (tertiary/aromatic N) is 3. The molecule has 0 aliphatic carbocycles. The van der Waals surface area contributed by atoms with Crippen LogP contribution in [0.5, 0.6) is 0 Å². The molecule has 0 unspecified atom stereocenters. The van der Waals surface area contributed by atoms with E-state index in [1.807, 2.05) is 0 Å². The summed E-state index contributed by atoms with van der Waals surface area (Å²) < 4.78 is 22.2. The molecule has 1 aromatic heterocycles. The molecule has 12 heteroatoms. The third-order valence-corrected chi connectivity index (χ3v) is 4.25. The maximum Gasteiger partial charge on any atom is 0.351 e. The molecule has 1 aromatic rings. The van der Waals surface area contributed by atoms with E-state index in [1.54, 1.807) is 0 Å². The summed E-state index contributed by atoms with van der Waals surface area (Å²) in [5, 5.41) is 0. The van der Waals surface area contributed by atoms with Gasteiger partial charge in [0, 0.05) is 40.9 Å². The molecule has 30 heavy (non-hydrogen) atoms. The van der Waals surface area contributed by atoms with Gasteiger partial charge in [0.25, 0.3) is 0 Å². The molecule has 1 fully saturated rings. The summed E-state index contributed by atoms with van der Waals surface area (Å²) in [6, 6.07) is 1.40. The van der Waals surface area contributed by atoms with Crippen molar-refractivity contribution in [2.45, 2.75) is 52.2 Å². The fraction of sp³-hybridized carbons (Fsp3) is 0.556. The van der Waals surface area contributed by atoms with Crippen LogP contribution in [0.4, 0.5) is 5.82 Å². The van der Waals surface area contributed by atoms with Gasteiger partial charge in [0.1, 0.15) is 18.5 Å². The quantitative estimate of drug-likeness (QED) is 0.434. The predicted octanol–water partition coefficient (Wildman–Crippen LogP) is -0.450. The Balaban J connectivity index is 2.43. The van der Waals surface area contributed by atoms with Crippen molar-refractivity contribution in [2.24, 2.45) is 0 Å². The number of anilines is 1. The largest absolute Gasteiger partial charge is 0.463 e. The smallest absolute Gasteiger partial charge is 0.351 e. The number of hydrogen-bond donors (Lipinski definition) is 0. The van der Waals surface area contributed by atoms with Crippen molar-refractivity contribution in [1.29, 1.82) is 0 Å². The van der Waals surface area contributed by atoms with Gasteiger partial charge in [-0.1, -0.05) is 0 Å². The molecule has 0 aromatic carbocycles. The lowest BCUT2D eigenvalue weighted by Gasteiger charge is -2.24. The molecule has 1 amide bonds. The zero-order valence-electron chi connectivity index (χ0n) is 17.2. The number of amides is 1. The van der Waals surface area contributed by atoms with E-state index in [2.05, 4.69) is 4.98 Å². The molecule has 1 saturated heterocycles. The molecule has 0 radical (unpaired) electrons. The fourth-order valence-electron chi connectivity index (χ4n) is 2.86. The Morgan fingerprint density at radius 2 is 1.67 bits per heavy atom. The predicted molar refractivity (Wildman–Crippen MR) is 99.2 cm³/mol. The van der Waals surface area contributed by atoms with Crippen LogP contribution in [0.15, 0.2) is 17.1 Å². The second kappa shape index (κ2) is 9.48. The fourth-order valence-corrected chi connectivity index (χ4v) is 2.86. The molecule has 0 spiro atoms. The summed E-state index contributed by atoms with van der Waals surface area (Å²) in [6.45, 7) is 4.51. The lowest BCUT2D eigenvalue weighted by Crippen LogP contribution is -2.42. The second-order valence-corrected chi connectivity index (χ2v) is 6.57. The summed E-state index contributed by atoms with van der Waals surface area (Å²) in [5.41, 5.74) is -0.794. The minimum atomic E-state index is -1.21. The summed E-state index contributed by atoms with van der Waals surface area (Å²) in [6.07, 6.45) is -3.25. The highest BCUT2D eigenvalue weighted by Gasteiger charge is 2.50. The minimum Gasteiger partial charge on any atom is -0.463 e. The van der Waals surface area contributed by atoms with Crippen LogP contribution in [0.3, 0.4) is 0 Å². The van der Waals surface area contributed by atoms with Crippen molar-refractivity contribution >= 4 is 29.6 Å². The summed E-state index contributed by atoms with van der Waals surface area (Å²) in [7, 11) is 1.45. The van der Waals surface area contributed by atoms with E-state index >= 15 is 0 Å². The molecule has 0 N–H and O–H groups in total. The lowest BCUT2D eigenvalue weighted by atomic mass is 10.1. The molecular weight excluding hydrogens is 402 g/mol. The van der Waals surface area contributed by atoms with E-state index in [1.165, 1.54) is 38.1 Å². The number of carbonyl (C=O) groups excluding carboxylic acids is 4. The molecule has 12 nitrogen and oxygen atoms in total.